The lowest BCUT2D eigenvalue weighted by Gasteiger charge is -2.39. The van der Waals surface area contributed by atoms with E-state index < -0.39 is 4.92 Å². The fourth-order valence-electron chi connectivity index (χ4n) is 1.93. The summed E-state index contributed by atoms with van der Waals surface area (Å²) in [5.74, 6) is 0.176. The van der Waals surface area contributed by atoms with Crippen LogP contribution >= 0.6 is 0 Å². The zero-order valence-corrected chi connectivity index (χ0v) is 10.7. The molecular formula is C12H14N4O3. The van der Waals surface area contributed by atoms with Gasteiger partial charge in [-0.2, -0.15) is 5.26 Å². The number of nitrogens with zero attached hydrogens (tertiary/aromatic N) is 4. The maximum Gasteiger partial charge on any atom is 0.289 e. The van der Waals surface area contributed by atoms with Gasteiger partial charge in [0.1, 0.15) is 23.9 Å². The Bertz CT molecular complexity index is 532. The quantitative estimate of drug-likeness (QED) is 0.600. The Balaban J connectivity index is 2.06. The second-order valence-corrected chi connectivity index (χ2v) is 4.74. The average Bonchev–Trinajstić information content (AvgIpc) is 2.32. The molecule has 1 aromatic heterocycles. The Morgan fingerprint density at radius 2 is 2.26 bits per heavy atom. The third-order valence-electron chi connectivity index (χ3n) is 3.25. The molecule has 0 N–H and O–H groups in total. The Morgan fingerprint density at radius 1 is 1.58 bits per heavy atom. The zero-order valence-electron chi connectivity index (χ0n) is 10.7. The standard InChI is InChI=1S/C12H14N4O3/c1-15(2)9-4-11(5-9)19-12-8(6-13)3-10(7-14-12)16(17)18/h3,7,9,11H,4-5H2,1-2H3. The van der Waals surface area contributed by atoms with Crippen molar-refractivity contribution in [3.8, 4) is 11.9 Å². The number of aromatic nitrogens is 1. The Kier molecular flexibility index (Phi) is 3.62. The molecule has 0 atom stereocenters. The molecule has 7 nitrogen and oxygen atoms in total. The van der Waals surface area contributed by atoms with E-state index in [-0.39, 0.29) is 23.2 Å². The summed E-state index contributed by atoms with van der Waals surface area (Å²) in [5, 5.41) is 19.6. The molecule has 1 saturated carbocycles. The van der Waals surface area contributed by atoms with Crippen LogP contribution in [0.4, 0.5) is 5.69 Å². The van der Waals surface area contributed by atoms with Crippen molar-refractivity contribution in [3.05, 3.63) is 27.9 Å². The Hall–Kier alpha value is -2.20. The van der Waals surface area contributed by atoms with Gasteiger partial charge in [-0.3, -0.25) is 10.1 Å². The monoisotopic (exact) mass is 262 g/mol. The highest BCUT2D eigenvalue weighted by Gasteiger charge is 2.33. The van der Waals surface area contributed by atoms with Gasteiger partial charge in [-0.15, -0.1) is 0 Å². The number of pyridine rings is 1. The van der Waals surface area contributed by atoms with Crippen LogP contribution in [0.3, 0.4) is 0 Å². The molecule has 0 amide bonds. The molecule has 19 heavy (non-hydrogen) atoms. The number of ether oxygens (including phenoxy) is 1. The minimum atomic E-state index is -0.580. The number of nitro groups is 1. The van der Waals surface area contributed by atoms with Crippen LogP contribution < -0.4 is 4.74 Å². The van der Waals surface area contributed by atoms with Crippen molar-refractivity contribution in [2.24, 2.45) is 0 Å². The second-order valence-electron chi connectivity index (χ2n) is 4.74. The number of nitriles is 1. The molecule has 2 rings (SSSR count). The van der Waals surface area contributed by atoms with Gasteiger partial charge in [0.2, 0.25) is 5.88 Å². The van der Waals surface area contributed by atoms with E-state index in [1.165, 1.54) is 6.07 Å². The van der Waals surface area contributed by atoms with Crippen molar-refractivity contribution < 1.29 is 9.66 Å². The summed E-state index contributed by atoms with van der Waals surface area (Å²) < 4.78 is 5.60. The maximum atomic E-state index is 10.6. The fraction of sp³-hybridized carbons (Fsp3) is 0.500. The van der Waals surface area contributed by atoms with Crippen molar-refractivity contribution in [2.75, 3.05) is 14.1 Å². The van der Waals surface area contributed by atoms with E-state index in [0.717, 1.165) is 19.0 Å². The molecule has 0 saturated heterocycles. The first kappa shape index (κ1) is 13.2. The van der Waals surface area contributed by atoms with Crippen molar-refractivity contribution in [3.63, 3.8) is 0 Å². The number of hydrogen-bond donors (Lipinski definition) is 0. The highest BCUT2D eigenvalue weighted by Crippen LogP contribution is 2.30. The van der Waals surface area contributed by atoms with Gasteiger partial charge in [-0.25, -0.2) is 4.98 Å². The SMILES string of the molecule is CN(C)C1CC(Oc2ncc([N+](=O)[O-])cc2C#N)C1. The molecule has 0 aromatic carbocycles. The van der Waals surface area contributed by atoms with Crippen molar-refractivity contribution in [1.29, 1.82) is 5.26 Å². The minimum Gasteiger partial charge on any atom is -0.473 e. The van der Waals surface area contributed by atoms with Gasteiger partial charge >= 0.3 is 0 Å². The topological polar surface area (TPSA) is 92.3 Å². The average molecular weight is 262 g/mol. The summed E-state index contributed by atoms with van der Waals surface area (Å²) in [5.41, 5.74) is -0.105. The molecule has 7 heteroatoms. The summed E-state index contributed by atoms with van der Waals surface area (Å²) >= 11 is 0. The number of hydrogen-bond acceptors (Lipinski definition) is 6. The molecule has 0 spiro atoms. The van der Waals surface area contributed by atoms with Crippen molar-refractivity contribution >= 4 is 5.69 Å². The van der Waals surface area contributed by atoms with Gasteiger partial charge in [0.15, 0.2) is 0 Å². The first-order chi connectivity index (χ1) is 9.01. The highest BCUT2D eigenvalue weighted by atomic mass is 16.6. The largest absolute Gasteiger partial charge is 0.473 e. The molecule has 0 aliphatic heterocycles. The molecule has 0 bridgehead atoms. The molecule has 1 aromatic rings. The molecular weight excluding hydrogens is 248 g/mol. The predicted molar refractivity (Wildman–Crippen MR) is 66.7 cm³/mol. The van der Waals surface area contributed by atoms with Crippen molar-refractivity contribution in [1.82, 2.24) is 9.88 Å². The summed E-state index contributed by atoms with van der Waals surface area (Å²) in [6.07, 6.45) is 2.87. The van der Waals surface area contributed by atoms with Gasteiger partial charge in [0, 0.05) is 24.9 Å². The van der Waals surface area contributed by atoms with Crippen LogP contribution in [0.2, 0.25) is 0 Å². The van der Waals surface area contributed by atoms with E-state index in [2.05, 4.69) is 9.88 Å². The third kappa shape index (κ3) is 2.80. The van der Waals surface area contributed by atoms with E-state index in [9.17, 15) is 10.1 Å². The molecule has 1 fully saturated rings. The number of rotatable bonds is 4. The van der Waals surface area contributed by atoms with E-state index in [0.29, 0.717) is 6.04 Å². The van der Waals surface area contributed by atoms with E-state index in [1.54, 1.807) is 0 Å². The molecule has 0 unspecified atom stereocenters. The van der Waals surface area contributed by atoms with Crippen LogP contribution in [0.15, 0.2) is 12.3 Å². The Labute approximate surface area is 110 Å². The first-order valence-electron chi connectivity index (χ1n) is 5.89. The van der Waals surface area contributed by atoms with E-state index in [4.69, 9.17) is 10.00 Å². The summed E-state index contributed by atoms with van der Waals surface area (Å²) in [7, 11) is 4.01. The van der Waals surface area contributed by atoms with Gasteiger partial charge in [-0.1, -0.05) is 0 Å². The summed E-state index contributed by atoms with van der Waals surface area (Å²) in [4.78, 5) is 16.0. The van der Waals surface area contributed by atoms with Crippen LogP contribution in [-0.2, 0) is 0 Å². The van der Waals surface area contributed by atoms with E-state index in [1.807, 2.05) is 20.2 Å². The lowest BCUT2D eigenvalue weighted by molar-refractivity contribution is -0.385. The lowest BCUT2D eigenvalue weighted by Crippen LogP contribution is -2.46. The molecule has 0 radical (unpaired) electrons. The molecule has 1 heterocycles. The molecule has 1 aliphatic rings. The van der Waals surface area contributed by atoms with Crippen molar-refractivity contribution in [2.45, 2.75) is 25.0 Å². The van der Waals surface area contributed by atoms with Crippen LogP contribution in [0.1, 0.15) is 18.4 Å². The summed E-state index contributed by atoms with van der Waals surface area (Å²) in [6.45, 7) is 0. The van der Waals surface area contributed by atoms with Gasteiger partial charge in [0.05, 0.1) is 4.92 Å². The second kappa shape index (κ2) is 5.20. The maximum absolute atomic E-state index is 10.6. The van der Waals surface area contributed by atoms with Crippen LogP contribution in [-0.4, -0.2) is 41.0 Å². The third-order valence-corrected chi connectivity index (χ3v) is 3.25. The predicted octanol–water partition coefficient (Wildman–Crippen LogP) is 1.33. The van der Waals surface area contributed by atoms with Crippen LogP contribution in [0.25, 0.3) is 0 Å². The van der Waals surface area contributed by atoms with Gasteiger partial charge in [0.25, 0.3) is 5.69 Å². The minimum absolute atomic E-state index is 0.0217. The summed E-state index contributed by atoms with van der Waals surface area (Å²) in [6, 6.07) is 3.54. The zero-order chi connectivity index (χ0) is 14.0. The van der Waals surface area contributed by atoms with Gasteiger partial charge in [-0.05, 0) is 14.1 Å². The van der Waals surface area contributed by atoms with Crippen LogP contribution in [0.5, 0.6) is 5.88 Å². The lowest BCUT2D eigenvalue weighted by atomic mass is 9.88. The van der Waals surface area contributed by atoms with Gasteiger partial charge < -0.3 is 9.64 Å². The molecule has 1 aliphatic carbocycles. The first-order valence-corrected chi connectivity index (χ1v) is 5.89. The fourth-order valence-corrected chi connectivity index (χ4v) is 1.93. The molecule has 100 valence electrons. The normalized spacial score (nSPS) is 21.6. The van der Waals surface area contributed by atoms with Crippen LogP contribution in [0, 0.1) is 21.4 Å². The highest BCUT2D eigenvalue weighted by molar-refractivity contribution is 5.45. The Morgan fingerprint density at radius 3 is 2.79 bits per heavy atom. The smallest absolute Gasteiger partial charge is 0.289 e. The van der Waals surface area contributed by atoms with E-state index >= 15 is 0 Å².